The van der Waals surface area contributed by atoms with Gasteiger partial charge in [0.25, 0.3) is 5.56 Å². The first kappa shape index (κ1) is 9.40. The van der Waals surface area contributed by atoms with Crippen LogP contribution in [-0.2, 0) is 13.0 Å². The van der Waals surface area contributed by atoms with Crippen molar-refractivity contribution < 1.29 is 5.11 Å². The van der Waals surface area contributed by atoms with Gasteiger partial charge in [0, 0.05) is 12.6 Å². The average Bonchev–Trinajstić information content (AvgIpc) is 2.12. The molecule has 14 heavy (non-hydrogen) atoms. The molecule has 1 aliphatic carbocycles. The Morgan fingerprint density at radius 1 is 1.57 bits per heavy atom. The van der Waals surface area contributed by atoms with Gasteiger partial charge in [-0.15, -0.1) is 0 Å². The summed E-state index contributed by atoms with van der Waals surface area (Å²) in [6.45, 7) is -0.244. The number of aliphatic hydroxyl groups is 1. The largest absolute Gasteiger partial charge is 0.391 e. The van der Waals surface area contributed by atoms with Crippen LogP contribution >= 0.6 is 0 Å². The Morgan fingerprint density at radius 3 is 2.86 bits per heavy atom. The number of aliphatic hydroxyl groups excluding tert-OH is 1. The third-order valence-electron chi connectivity index (χ3n) is 2.80. The molecule has 4 nitrogen and oxygen atoms in total. The first-order valence-electron chi connectivity index (χ1n) is 4.97. The second-order valence-electron chi connectivity index (χ2n) is 3.84. The summed E-state index contributed by atoms with van der Waals surface area (Å²) in [6.07, 6.45) is 6.11. The minimum Gasteiger partial charge on any atom is -0.391 e. The third kappa shape index (κ3) is 1.85. The van der Waals surface area contributed by atoms with E-state index in [9.17, 15) is 4.79 Å². The number of aromatic nitrogens is 2. The van der Waals surface area contributed by atoms with Gasteiger partial charge in [-0.3, -0.25) is 4.79 Å². The molecule has 1 saturated carbocycles. The molecule has 0 radical (unpaired) electrons. The lowest BCUT2D eigenvalue weighted by Gasteiger charge is -2.24. The SMILES string of the molecule is O=c1[nH]c(CC2CCC2)ncc1CO. The second kappa shape index (κ2) is 3.92. The monoisotopic (exact) mass is 194 g/mol. The Hall–Kier alpha value is -1.16. The highest BCUT2D eigenvalue weighted by Crippen LogP contribution is 2.28. The predicted octanol–water partition coefficient (Wildman–Crippen LogP) is 0.605. The molecule has 0 atom stereocenters. The highest BCUT2D eigenvalue weighted by molar-refractivity contribution is 5.04. The van der Waals surface area contributed by atoms with Gasteiger partial charge in [0.2, 0.25) is 0 Å². The topological polar surface area (TPSA) is 66.0 Å². The summed E-state index contributed by atoms with van der Waals surface area (Å²) < 4.78 is 0. The molecule has 0 aliphatic heterocycles. The smallest absolute Gasteiger partial charge is 0.256 e. The van der Waals surface area contributed by atoms with Gasteiger partial charge < -0.3 is 10.1 Å². The Kier molecular flexibility index (Phi) is 2.63. The molecule has 2 N–H and O–H groups in total. The fourth-order valence-electron chi connectivity index (χ4n) is 1.64. The van der Waals surface area contributed by atoms with Crippen LogP contribution in [0, 0.1) is 5.92 Å². The molecule has 76 valence electrons. The highest BCUT2D eigenvalue weighted by Gasteiger charge is 2.18. The van der Waals surface area contributed by atoms with E-state index in [2.05, 4.69) is 9.97 Å². The summed E-state index contributed by atoms with van der Waals surface area (Å²) in [5.74, 6) is 1.44. The minimum atomic E-state index is -0.244. The average molecular weight is 194 g/mol. The van der Waals surface area contributed by atoms with E-state index in [1.807, 2.05) is 0 Å². The summed E-state index contributed by atoms with van der Waals surface area (Å²) >= 11 is 0. The van der Waals surface area contributed by atoms with Gasteiger partial charge in [0.15, 0.2) is 0 Å². The van der Waals surface area contributed by atoms with Crippen LogP contribution in [0.25, 0.3) is 0 Å². The molecule has 0 aromatic carbocycles. The normalized spacial score (nSPS) is 16.6. The molecule has 4 heteroatoms. The lowest BCUT2D eigenvalue weighted by molar-refractivity contribution is 0.278. The molecule has 0 bridgehead atoms. The summed E-state index contributed by atoms with van der Waals surface area (Å²) in [6, 6.07) is 0. The number of hydrogen-bond donors (Lipinski definition) is 2. The van der Waals surface area contributed by atoms with Crippen LogP contribution in [0.3, 0.4) is 0 Å². The summed E-state index contributed by atoms with van der Waals surface area (Å²) in [5.41, 5.74) is 0.124. The van der Waals surface area contributed by atoms with Crippen molar-refractivity contribution in [2.75, 3.05) is 0 Å². The molecule has 1 aromatic rings. The first-order valence-corrected chi connectivity index (χ1v) is 4.97. The van der Waals surface area contributed by atoms with Crippen molar-refractivity contribution in [2.24, 2.45) is 5.92 Å². The van der Waals surface area contributed by atoms with Gasteiger partial charge in [-0.1, -0.05) is 19.3 Å². The zero-order chi connectivity index (χ0) is 9.97. The maximum absolute atomic E-state index is 11.3. The minimum absolute atomic E-state index is 0.211. The van der Waals surface area contributed by atoms with Crippen LogP contribution in [0.1, 0.15) is 30.7 Å². The highest BCUT2D eigenvalue weighted by atomic mass is 16.3. The van der Waals surface area contributed by atoms with E-state index in [1.165, 1.54) is 25.5 Å². The molecule has 0 spiro atoms. The van der Waals surface area contributed by atoms with Crippen LogP contribution in [0.15, 0.2) is 11.0 Å². The fraction of sp³-hybridized carbons (Fsp3) is 0.600. The van der Waals surface area contributed by atoms with Crippen molar-refractivity contribution in [3.8, 4) is 0 Å². The van der Waals surface area contributed by atoms with Gasteiger partial charge in [-0.25, -0.2) is 4.98 Å². The van der Waals surface area contributed by atoms with Gasteiger partial charge >= 0.3 is 0 Å². The van der Waals surface area contributed by atoms with Crippen molar-refractivity contribution >= 4 is 0 Å². The van der Waals surface area contributed by atoms with Crippen LogP contribution in [0.5, 0.6) is 0 Å². The Morgan fingerprint density at radius 2 is 2.36 bits per heavy atom. The van der Waals surface area contributed by atoms with Crippen molar-refractivity contribution in [3.63, 3.8) is 0 Å². The van der Waals surface area contributed by atoms with Crippen LogP contribution < -0.4 is 5.56 Å². The summed E-state index contributed by atoms with van der Waals surface area (Å²) in [5, 5.41) is 8.79. The zero-order valence-electron chi connectivity index (χ0n) is 7.99. The van der Waals surface area contributed by atoms with E-state index in [1.54, 1.807) is 0 Å². The van der Waals surface area contributed by atoms with E-state index in [0.717, 1.165) is 12.2 Å². The molecule has 0 amide bonds. The standard InChI is InChI=1S/C10H14N2O2/c13-6-8-5-11-9(12-10(8)14)4-7-2-1-3-7/h5,7,13H,1-4,6H2,(H,11,12,14). The number of hydrogen-bond acceptors (Lipinski definition) is 3. The van der Waals surface area contributed by atoms with Gasteiger partial charge in [0.05, 0.1) is 12.2 Å². The number of H-pyrrole nitrogens is 1. The predicted molar refractivity (Wildman–Crippen MR) is 51.8 cm³/mol. The molecule has 0 unspecified atom stereocenters. The second-order valence-corrected chi connectivity index (χ2v) is 3.84. The van der Waals surface area contributed by atoms with Crippen molar-refractivity contribution in [2.45, 2.75) is 32.3 Å². The van der Waals surface area contributed by atoms with E-state index in [0.29, 0.717) is 11.5 Å². The number of aromatic amines is 1. The molecule has 1 heterocycles. The molecule has 2 rings (SSSR count). The first-order chi connectivity index (χ1) is 6.79. The zero-order valence-corrected chi connectivity index (χ0v) is 7.99. The van der Waals surface area contributed by atoms with Crippen molar-refractivity contribution in [1.82, 2.24) is 9.97 Å². The van der Waals surface area contributed by atoms with Crippen LogP contribution in [-0.4, -0.2) is 15.1 Å². The summed E-state index contributed by atoms with van der Waals surface area (Å²) in [7, 11) is 0. The van der Waals surface area contributed by atoms with E-state index >= 15 is 0 Å². The summed E-state index contributed by atoms with van der Waals surface area (Å²) in [4.78, 5) is 18.1. The lowest BCUT2D eigenvalue weighted by atomic mass is 9.83. The molecule has 0 saturated heterocycles. The number of rotatable bonds is 3. The van der Waals surface area contributed by atoms with Gasteiger partial charge in [0.1, 0.15) is 5.82 Å². The maximum Gasteiger partial charge on any atom is 0.256 e. The quantitative estimate of drug-likeness (QED) is 0.740. The van der Waals surface area contributed by atoms with E-state index in [-0.39, 0.29) is 12.2 Å². The van der Waals surface area contributed by atoms with Crippen molar-refractivity contribution in [1.29, 1.82) is 0 Å². The van der Waals surface area contributed by atoms with Crippen molar-refractivity contribution in [3.05, 3.63) is 27.9 Å². The van der Waals surface area contributed by atoms with E-state index < -0.39 is 0 Å². The molecule has 1 aromatic heterocycles. The molecular weight excluding hydrogens is 180 g/mol. The van der Waals surface area contributed by atoms with Gasteiger partial charge in [-0.05, 0) is 5.92 Å². The van der Waals surface area contributed by atoms with Crippen LogP contribution in [0.4, 0.5) is 0 Å². The Bertz CT molecular complexity index is 369. The fourth-order valence-corrected chi connectivity index (χ4v) is 1.64. The number of nitrogens with one attached hydrogen (secondary N) is 1. The van der Waals surface area contributed by atoms with Gasteiger partial charge in [-0.2, -0.15) is 0 Å². The van der Waals surface area contributed by atoms with E-state index in [4.69, 9.17) is 5.11 Å². The molecular formula is C10H14N2O2. The van der Waals surface area contributed by atoms with Crippen LogP contribution in [0.2, 0.25) is 0 Å². The Balaban J connectivity index is 2.11. The molecule has 1 aliphatic rings. The molecule has 1 fully saturated rings. The lowest BCUT2D eigenvalue weighted by Crippen LogP contribution is -2.20. The maximum atomic E-state index is 11.3. The third-order valence-corrected chi connectivity index (χ3v) is 2.80. The Labute approximate surface area is 82.0 Å². The number of nitrogens with zero attached hydrogens (tertiary/aromatic N) is 1.